The van der Waals surface area contributed by atoms with Gasteiger partial charge in [-0.15, -0.1) is 0 Å². The number of carboxylic acids is 1. The number of urea groups is 1. The molecule has 1 aliphatic rings. The summed E-state index contributed by atoms with van der Waals surface area (Å²) in [5.74, 6) is -0.760. The minimum Gasteiger partial charge on any atom is -0.480 e. The largest absolute Gasteiger partial charge is 0.480 e. The maximum absolute atomic E-state index is 11.8. The Balaban J connectivity index is 2.35. The molecule has 0 radical (unpaired) electrons. The maximum Gasteiger partial charge on any atom is 0.326 e. The molecule has 2 amide bonds. The fraction of sp³-hybridized carbons (Fsp3) is 0.857. The number of rotatable bonds is 6. The van der Waals surface area contributed by atoms with E-state index in [4.69, 9.17) is 5.11 Å². The molecular formula is C14H27N3O3. The molecule has 1 unspecified atom stereocenters. The molecule has 3 N–H and O–H groups in total. The molecular weight excluding hydrogens is 258 g/mol. The van der Waals surface area contributed by atoms with E-state index in [1.54, 1.807) is 0 Å². The number of amides is 2. The summed E-state index contributed by atoms with van der Waals surface area (Å²) in [6.07, 6.45) is 3.90. The second kappa shape index (κ2) is 8.09. The van der Waals surface area contributed by atoms with Crippen molar-refractivity contribution >= 4 is 12.0 Å². The van der Waals surface area contributed by atoms with E-state index in [0.717, 1.165) is 13.0 Å². The number of carbonyl (C=O) groups excluding carboxylic acids is 1. The highest BCUT2D eigenvalue weighted by Crippen LogP contribution is 2.13. The first-order valence-electron chi connectivity index (χ1n) is 7.37. The number of nitrogens with zero attached hydrogens (tertiary/aromatic N) is 1. The molecule has 0 spiro atoms. The summed E-state index contributed by atoms with van der Waals surface area (Å²) in [5, 5.41) is 14.4. The number of aliphatic carboxylic acids is 1. The highest BCUT2D eigenvalue weighted by Gasteiger charge is 2.23. The van der Waals surface area contributed by atoms with E-state index in [9.17, 15) is 9.59 Å². The van der Waals surface area contributed by atoms with E-state index in [-0.39, 0.29) is 5.92 Å². The zero-order valence-electron chi connectivity index (χ0n) is 12.7. The Morgan fingerprint density at radius 3 is 2.60 bits per heavy atom. The van der Waals surface area contributed by atoms with E-state index in [1.807, 2.05) is 13.8 Å². The second-order valence-corrected chi connectivity index (χ2v) is 6.00. The Morgan fingerprint density at radius 2 is 2.05 bits per heavy atom. The van der Waals surface area contributed by atoms with Crippen LogP contribution in [-0.4, -0.2) is 54.2 Å². The van der Waals surface area contributed by atoms with Crippen molar-refractivity contribution in [2.45, 2.75) is 51.6 Å². The normalized spacial score (nSPS) is 21.5. The maximum atomic E-state index is 11.8. The van der Waals surface area contributed by atoms with Crippen LogP contribution in [0.5, 0.6) is 0 Å². The molecule has 0 aromatic rings. The number of likely N-dealkylation sites (N-methyl/N-ethyl adjacent to an activating group) is 1. The molecule has 1 heterocycles. The molecule has 1 saturated heterocycles. The number of carbonyl (C=O) groups is 2. The van der Waals surface area contributed by atoms with Crippen LogP contribution < -0.4 is 10.6 Å². The topological polar surface area (TPSA) is 81.7 Å². The van der Waals surface area contributed by atoms with Gasteiger partial charge in [0.25, 0.3) is 0 Å². The van der Waals surface area contributed by atoms with Crippen LogP contribution in [0.1, 0.15) is 39.5 Å². The Morgan fingerprint density at radius 1 is 1.35 bits per heavy atom. The summed E-state index contributed by atoms with van der Waals surface area (Å²) in [6.45, 7) is 5.49. The van der Waals surface area contributed by atoms with E-state index in [0.29, 0.717) is 19.0 Å². The summed E-state index contributed by atoms with van der Waals surface area (Å²) in [4.78, 5) is 25.1. The zero-order valence-corrected chi connectivity index (χ0v) is 12.7. The van der Waals surface area contributed by atoms with Gasteiger partial charge in [-0.3, -0.25) is 0 Å². The lowest BCUT2D eigenvalue weighted by Crippen LogP contribution is -2.50. The minimum atomic E-state index is -0.983. The van der Waals surface area contributed by atoms with Crippen molar-refractivity contribution in [2.75, 3.05) is 20.1 Å². The summed E-state index contributed by atoms with van der Waals surface area (Å²) in [6, 6.07) is -0.862. The minimum absolute atomic E-state index is 0.223. The predicted molar refractivity (Wildman–Crippen MR) is 77.7 cm³/mol. The molecule has 0 aromatic heterocycles. The Kier molecular flexibility index (Phi) is 6.78. The van der Waals surface area contributed by atoms with Crippen molar-refractivity contribution in [3.05, 3.63) is 0 Å². The highest BCUT2D eigenvalue weighted by atomic mass is 16.4. The second-order valence-electron chi connectivity index (χ2n) is 6.00. The standard InChI is InChI=1S/C14H27N3O3/c1-10(2)8-12(13(18)19)16-14(20)15-9-11-6-4-5-7-17(11)3/h10-12H,4-9H2,1-3H3,(H,18,19)(H2,15,16,20)/t11?,12-/m1/s1. The molecule has 1 fully saturated rings. The Hall–Kier alpha value is -1.30. The molecule has 1 rings (SSSR count). The average molecular weight is 285 g/mol. The number of likely N-dealkylation sites (tertiary alicyclic amines) is 1. The lowest BCUT2D eigenvalue weighted by molar-refractivity contribution is -0.139. The van der Waals surface area contributed by atoms with Gasteiger partial charge in [0.1, 0.15) is 6.04 Å². The summed E-state index contributed by atoms with van der Waals surface area (Å²) in [5.41, 5.74) is 0. The van der Waals surface area contributed by atoms with Gasteiger partial charge in [-0.1, -0.05) is 20.3 Å². The molecule has 20 heavy (non-hydrogen) atoms. The van der Waals surface area contributed by atoms with E-state index in [1.165, 1.54) is 12.8 Å². The van der Waals surface area contributed by atoms with Crippen molar-refractivity contribution in [1.29, 1.82) is 0 Å². The lowest BCUT2D eigenvalue weighted by atomic mass is 10.0. The molecule has 2 atom stereocenters. The fourth-order valence-electron chi connectivity index (χ4n) is 2.51. The fourth-order valence-corrected chi connectivity index (χ4v) is 2.51. The van der Waals surface area contributed by atoms with Gasteiger partial charge in [0.15, 0.2) is 0 Å². The van der Waals surface area contributed by atoms with E-state index in [2.05, 4.69) is 22.6 Å². The average Bonchev–Trinajstić information content (AvgIpc) is 2.36. The first-order chi connectivity index (χ1) is 9.40. The van der Waals surface area contributed by atoms with Gasteiger partial charge in [-0.25, -0.2) is 9.59 Å². The first-order valence-corrected chi connectivity index (χ1v) is 7.37. The third-order valence-electron chi connectivity index (χ3n) is 3.73. The summed E-state index contributed by atoms with van der Waals surface area (Å²) in [7, 11) is 2.06. The quantitative estimate of drug-likeness (QED) is 0.686. The van der Waals surface area contributed by atoms with Crippen molar-refractivity contribution < 1.29 is 14.7 Å². The lowest BCUT2D eigenvalue weighted by Gasteiger charge is -2.32. The highest BCUT2D eigenvalue weighted by molar-refractivity contribution is 5.82. The van der Waals surface area contributed by atoms with Crippen LogP contribution in [0, 0.1) is 5.92 Å². The van der Waals surface area contributed by atoms with Crippen LogP contribution >= 0.6 is 0 Å². The van der Waals surface area contributed by atoms with Crippen molar-refractivity contribution in [3.63, 3.8) is 0 Å². The molecule has 1 aliphatic heterocycles. The zero-order chi connectivity index (χ0) is 15.1. The summed E-state index contributed by atoms with van der Waals surface area (Å²) >= 11 is 0. The summed E-state index contributed by atoms with van der Waals surface area (Å²) < 4.78 is 0. The van der Waals surface area contributed by atoms with Gasteiger partial charge < -0.3 is 20.6 Å². The molecule has 6 heteroatoms. The van der Waals surface area contributed by atoms with Gasteiger partial charge >= 0.3 is 12.0 Å². The van der Waals surface area contributed by atoms with Crippen LogP contribution in [0.2, 0.25) is 0 Å². The first kappa shape index (κ1) is 16.8. The third kappa shape index (κ3) is 5.77. The number of nitrogens with one attached hydrogen (secondary N) is 2. The van der Waals surface area contributed by atoms with E-state index < -0.39 is 18.0 Å². The molecule has 0 aromatic carbocycles. The number of hydrogen-bond acceptors (Lipinski definition) is 3. The van der Waals surface area contributed by atoms with E-state index >= 15 is 0 Å². The Labute approximate surface area is 120 Å². The van der Waals surface area contributed by atoms with Crippen LogP contribution in [0.15, 0.2) is 0 Å². The number of carboxylic acid groups (broad SMARTS) is 1. The van der Waals surface area contributed by atoms with Crippen LogP contribution in [0.25, 0.3) is 0 Å². The van der Waals surface area contributed by atoms with Crippen LogP contribution in [0.4, 0.5) is 4.79 Å². The van der Waals surface area contributed by atoms with Crippen molar-refractivity contribution in [3.8, 4) is 0 Å². The van der Waals surface area contributed by atoms with Crippen LogP contribution in [0.3, 0.4) is 0 Å². The third-order valence-corrected chi connectivity index (χ3v) is 3.73. The van der Waals surface area contributed by atoms with Gasteiger partial charge in [0.2, 0.25) is 0 Å². The predicted octanol–water partition coefficient (Wildman–Crippen LogP) is 1.27. The van der Waals surface area contributed by atoms with Gasteiger partial charge in [0.05, 0.1) is 0 Å². The monoisotopic (exact) mass is 285 g/mol. The number of piperidine rings is 1. The van der Waals surface area contributed by atoms with Crippen molar-refractivity contribution in [2.24, 2.45) is 5.92 Å². The van der Waals surface area contributed by atoms with Gasteiger partial charge in [-0.05, 0) is 38.8 Å². The smallest absolute Gasteiger partial charge is 0.326 e. The molecule has 116 valence electrons. The molecule has 6 nitrogen and oxygen atoms in total. The van der Waals surface area contributed by atoms with Gasteiger partial charge in [-0.2, -0.15) is 0 Å². The number of hydrogen-bond donors (Lipinski definition) is 3. The Bertz CT molecular complexity index is 334. The molecule has 0 aliphatic carbocycles. The molecule has 0 bridgehead atoms. The van der Waals surface area contributed by atoms with Crippen molar-refractivity contribution in [1.82, 2.24) is 15.5 Å². The SMILES string of the molecule is CC(C)C[C@@H](NC(=O)NCC1CCCCN1C)C(=O)O. The van der Waals surface area contributed by atoms with Crippen LogP contribution in [-0.2, 0) is 4.79 Å². The van der Waals surface area contributed by atoms with Gasteiger partial charge in [0, 0.05) is 12.6 Å². The molecule has 0 saturated carbocycles.